The van der Waals surface area contributed by atoms with Crippen molar-refractivity contribution in [1.82, 2.24) is 20.2 Å². The molecule has 6 heteroatoms. The van der Waals surface area contributed by atoms with Gasteiger partial charge in [0, 0.05) is 15.7 Å². The van der Waals surface area contributed by atoms with Crippen molar-refractivity contribution in [3.63, 3.8) is 0 Å². The molecule has 0 fully saturated rings. The van der Waals surface area contributed by atoms with E-state index in [1.807, 2.05) is 22.9 Å². The number of nitrogens with zero attached hydrogens (tertiary/aromatic N) is 4. The molecule has 1 aromatic carbocycles. The molecule has 1 atom stereocenters. The van der Waals surface area contributed by atoms with E-state index < -0.39 is 0 Å². The van der Waals surface area contributed by atoms with Gasteiger partial charge in [0.1, 0.15) is 0 Å². The molecule has 0 radical (unpaired) electrons. The maximum Gasteiger partial charge on any atom is 0.182 e. The zero-order chi connectivity index (χ0) is 14.2. The van der Waals surface area contributed by atoms with Crippen LogP contribution in [0.3, 0.4) is 0 Å². The molecule has 1 heterocycles. The number of hydrogen-bond donors (Lipinski definition) is 1. The molecule has 0 aliphatic heterocycles. The molecule has 1 unspecified atom stereocenters. The summed E-state index contributed by atoms with van der Waals surface area (Å²) in [7, 11) is 0. The maximum absolute atomic E-state index is 5.87. The highest BCUT2D eigenvalue weighted by atomic mass is 79.9. The van der Waals surface area contributed by atoms with E-state index >= 15 is 0 Å². The number of halogens is 1. The van der Waals surface area contributed by atoms with Crippen LogP contribution in [0.15, 0.2) is 22.7 Å². The molecule has 0 aliphatic carbocycles. The van der Waals surface area contributed by atoms with E-state index in [0.29, 0.717) is 5.69 Å². The summed E-state index contributed by atoms with van der Waals surface area (Å²) in [4.78, 5) is 0. The van der Waals surface area contributed by atoms with Crippen molar-refractivity contribution in [3.05, 3.63) is 22.7 Å². The highest BCUT2D eigenvalue weighted by molar-refractivity contribution is 9.10. The van der Waals surface area contributed by atoms with Gasteiger partial charge in [0.15, 0.2) is 5.82 Å². The molecule has 2 aromatic rings. The number of tetrazole rings is 1. The molecule has 19 heavy (non-hydrogen) atoms. The first-order chi connectivity index (χ1) is 8.79. The Hall–Kier alpha value is -1.43. The number of hydrogen-bond acceptors (Lipinski definition) is 4. The van der Waals surface area contributed by atoms with Gasteiger partial charge in [-0.05, 0) is 41.0 Å². The second kappa shape index (κ2) is 4.92. The summed E-state index contributed by atoms with van der Waals surface area (Å²) in [6.45, 7) is 8.61. The Bertz CT molecular complexity index is 565. The molecule has 102 valence electrons. The van der Waals surface area contributed by atoms with E-state index in [9.17, 15) is 0 Å². The summed E-state index contributed by atoms with van der Waals surface area (Å²) in [5, 5.41) is 12.0. The van der Waals surface area contributed by atoms with Crippen LogP contribution in [0, 0.1) is 5.41 Å². The van der Waals surface area contributed by atoms with Crippen molar-refractivity contribution in [1.29, 1.82) is 0 Å². The van der Waals surface area contributed by atoms with Gasteiger partial charge in [0.2, 0.25) is 0 Å². The summed E-state index contributed by atoms with van der Waals surface area (Å²) in [5.74, 6) is 0.732. The second-order valence-electron chi connectivity index (χ2n) is 5.76. The number of aromatic nitrogens is 4. The van der Waals surface area contributed by atoms with Crippen molar-refractivity contribution in [2.45, 2.75) is 33.7 Å². The normalized spacial score (nSPS) is 13.5. The molecule has 0 amide bonds. The Labute approximate surface area is 121 Å². The number of nitrogen functional groups attached to an aromatic ring is 1. The van der Waals surface area contributed by atoms with Crippen molar-refractivity contribution in [3.8, 4) is 11.4 Å². The summed E-state index contributed by atoms with van der Waals surface area (Å²) >= 11 is 3.44. The number of rotatable bonds is 2. The molecule has 0 spiro atoms. The van der Waals surface area contributed by atoms with Gasteiger partial charge in [-0.2, -0.15) is 0 Å². The monoisotopic (exact) mass is 323 g/mol. The van der Waals surface area contributed by atoms with Crippen molar-refractivity contribution >= 4 is 21.6 Å². The maximum atomic E-state index is 5.87. The lowest BCUT2D eigenvalue weighted by Crippen LogP contribution is -2.23. The SMILES string of the molecule is CC(n1nnnc1-c1cc(N)cc(Br)c1)C(C)(C)C. The molecule has 0 saturated heterocycles. The molecule has 1 aromatic heterocycles. The third-order valence-corrected chi connectivity index (χ3v) is 3.75. The Morgan fingerprint density at radius 2 is 1.95 bits per heavy atom. The highest BCUT2D eigenvalue weighted by Crippen LogP contribution is 2.33. The minimum absolute atomic E-state index is 0.0711. The van der Waals surface area contributed by atoms with E-state index in [1.54, 1.807) is 0 Å². The lowest BCUT2D eigenvalue weighted by Gasteiger charge is -2.27. The fourth-order valence-corrected chi connectivity index (χ4v) is 2.26. The van der Waals surface area contributed by atoms with Gasteiger partial charge < -0.3 is 5.73 Å². The molecule has 0 saturated carbocycles. The molecule has 2 rings (SSSR count). The first-order valence-corrected chi connectivity index (χ1v) is 6.92. The smallest absolute Gasteiger partial charge is 0.182 e. The zero-order valence-electron chi connectivity index (χ0n) is 11.6. The van der Waals surface area contributed by atoms with Crippen LogP contribution in [0.1, 0.15) is 33.7 Å². The van der Waals surface area contributed by atoms with Crippen LogP contribution in [0.25, 0.3) is 11.4 Å². The van der Waals surface area contributed by atoms with E-state index in [4.69, 9.17) is 5.73 Å². The minimum Gasteiger partial charge on any atom is -0.399 e. The highest BCUT2D eigenvalue weighted by Gasteiger charge is 2.25. The van der Waals surface area contributed by atoms with Gasteiger partial charge in [-0.15, -0.1) is 5.10 Å². The quantitative estimate of drug-likeness (QED) is 0.861. The van der Waals surface area contributed by atoms with Crippen LogP contribution in [-0.2, 0) is 0 Å². The van der Waals surface area contributed by atoms with Gasteiger partial charge in [-0.3, -0.25) is 0 Å². The van der Waals surface area contributed by atoms with Crippen molar-refractivity contribution in [2.75, 3.05) is 5.73 Å². The lowest BCUT2D eigenvalue weighted by atomic mass is 9.88. The number of nitrogens with two attached hydrogens (primary N) is 1. The lowest BCUT2D eigenvalue weighted by molar-refractivity contribution is 0.243. The molecule has 2 N–H and O–H groups in total. The van der Waals surface area contributed by atoms with Crippen molar-refractivity contribution < 1.29 is 0 Å². The van der Waals surface area contributed by atoms with E-state index in [1.165, 1.54) is 0 Å². The average Bonchev–Trinajstić information content (AvgIpc) is 2.73. The molecule has 5 nitrogen and oxygen atoms in total. The first-order valence-electron chi connectivity index (χ1n) is 6.13. The summed E-state index contributed by atoms with van der Waals surface area (Å²) in [6, 6.07) is 5.87. The van der Waals surface area contributed by atoms with E-state index in [2.05, 4.69) is 59.2 Å². The largest absolute Gasteiger partial charge is 0.399 e. The zero-order valence-corrected chi connectivity index (χ0v) is 13.1. The van der Waals surface area contributed by atoms with Crippen LogP contribution in [0.4, 0.5) is 5.69 Å². The van der Waals surface area contributed by atoms with E-state index in [-0.39, 0.29) is 11.5 Å². The summed E-state index contributed by atoms with van der Waals surface area (Å²) in [6.07, 6.45) is 0. The predicted octanol–water partition coefficient (Wildman–Crippen LogP) is 3.29. The molecule has 0 bridgehead atoms. The number of benzene rings is 1. The average molecular weight is 324 g/mol. The van der Waals surface area contributed by atoms with Gasteiger partial charge in [0.05, 0.1) is 6.04 Å². The van der Waals surface area contributed by atoms with Gasteiger partial charge >= 0.3 is 0 Å². The van der Waals surface area contributed by atoms with Crippen LogP contribution in [0.2, 0.25) is 0 Å². The number of anilines is 1. The van der Waals surface area contributed by atoms with Crippen LogP contribution in [0.5, 0.6) is 0 Å². The molecule has 0 aliphatic rings. The van der Waals surface area contributed by atoms with Crippen LogP contribution in [-0.4, -0.2) is 20.2 Å². The van der Waals surface area contributed by atoms with Gasteiger partial charge in [-0.1, -0.05) is 36.7 Å². The minimum atomic E-state index is 0.0711. The first kappa shape index (κ1) is 14.0. The van der Waals surface area contributed by atoms with E-state index in [0.717, 1.165) is 15.9 Å². The predicted molar refractivity (Wildman–Crippen MR) is 79.5 cm³/mol. The third kappa shape index (κ3) is 2.94. The van der Waals surface area contributed by atoms with Crippen molar-refractivity contribution in [2.24, 2.45) is 5.41 Å². The fraction of sp³-hybridized carbons (Fsp3) is 0.462. The topological polar surface area (TPSA) is 69.6 Å². The Morgan fingerprint density at radius 3 is 2.53 bits per heavy atom. The fourth-order valence-electron chi connectivity index (χ4n) is 1.75. The summed E-state index contributed by atoms with van der Waals surface area (Å²) in [5.41, 5.74) is 7.53. The molecular formula is C13H18BrN5. The van der Waals surface area contributed by atoms with Gasteiger partial charge in [-0.25, -0.2) is 4.68 Å². The Morgan fingerprint density at radius 1 is 1.26 bits per heavy atom. The van der Waals surface area contributed by atoms with Crippen LogP contribution < -0.4 is 5.73 Å². The Balaban J connectivity index is 2.50. The van der Waals surface area contributed by atoms with Crippen LogP contribution >= 0.6 is 15.9 Å². The Kier molecular flexibility index (Phi) is 3.62. The third-order valence-electron chi connectivity index (χ3n) is 3.29. The second-order valence-corrected chi connectivity index (χ2v) is 6.68. The standard InChI is InChI=1S/C13H18BrN5/c1-8(13(2,3)4)19-12(16-17-18-19)9-5-10(14)7-11(15)6-9/h5-8H,15H2,1-4H3. The summed E-state index contributed by atoms with van der Waals surface area (Å²) < 4.78 is 2.77. The molecular weight excluding hydrogens is 306 g/mol. The van der Waals surface area contributed by atoms with Gasteiger partial charge in [0.25, 0.3) is 0 Å².